The molecule has 1 aromatic carbocycles. The number of rotatable bonds is 5. The molecule has 1 fully saturated rings. The van der Waals surface area contributed by atoms with E-state index in [0.717, 1.165) is 18.3 Å². The summed E-state index contributed by atoms with van der Waals surface area (Å²) >= 11 is 3.87. The van der Waals surface area contributed by atoms with E-state index in [9.17, 15) is 0 Å². The number of alkyl halides is 1. The number of hydrogen-bond donors (Lipinski definition) is 0. The van der Waals surface area contributed by atoms with Gasteiger partial charge < -0.3 is 4.74 Å². The molecule has 17 heavy (non-hydrogen) atoms. The topological polar surface area (TPSA) is 9.23 Å². The molecule has 1 saturated carbocycles. The molecule has 2 unspecified atom stereocenters. The minimum absolute atomic E-state index is 0.413. The highest BCUT2D eigenvalue weighted by Gasteiger charge is 2.33. The number of benzene rings is 1. The molecule has 2 atom stereocenters. The maximum atomic E-state index is 5.73. The number of ether oxygens (including phenoxy) is 1. The summed E-state index contributed by atoms with van der Waals surface area (Å²) in [4.78, 5) is 0.413. The molecular weight excluding hydrogens is 276 g/mol. The first-order valence-corrected chi connectivity index (χ1v) is 7.42. The molecule has 1 aliphatic carbocycles. The minimum Gasteiger partial charge on any atom is -0.494 e. The van der Waals surface area contributed by atoms with E-state index in [1.165, 1.54) is 24.0 Å². The Labute approximate surface area is 113 Å². The highest BCUT2D eigenvalue weighted by Crippen LogP contribution is 2.48. The fourth-order valence-electron chi connectivity index (χ4n) is 2.31. The van der Waals surface area contributed by atoms with Crippen LogP contribution in [0.15, 0.2) is 18.2 Å². The number of hydrogen-bond acceptors (Lipinski definition) is 1. The van der Waals surface area contributed by atoms with Crippen LogP contribution in [0, 0.1) is 18.8 Å². The summed E-state index contributed by atoms with van der Waals surface area (Å²) < 4.78 is 5.73. The van der Waals surface area contributed by atoms with Gasteiger partial charge in [-0.05, 0) is 44.6 Å². The summed E-state index contributed by atoms with van der Waals surface area (Å²) in [6.45, 7) is 7.25. The smallest absolute Gasteiger partial charge is 0.123 e. The van der Waals surface area contributed by atoms with Gasteiger partial charge in [-0.15, -0.1) is 0 Å². The molecule has 0 saturated heterocycles. The molecule has 2 rings (SSSR count). The second-order valence-electron chi connectivity index (χ2n) is 5.07. The molecule has 94 valence electrons. The van der Waals surface area contributed by atoms with Crippen LogP contribution in [0.3, 0.4) is 0 Å². The van der Waals surface area contributed by atoms with Gasteiger partial charge in [0.25, 0.3) is 0 Å². The first-order valence-electron chi connectivity index (χ1n) is 6.51. The van der Waals surface area contributed by atoms with Gasteiger partial charge >= 0.3 is 0 Å². The third-order valence-electron chi connectivity index (χ3n) is 3.59. The van der Waals surface area contributed by atoms with Crippen molar-refractivity contribution >= 4 is 15.9 Å². The van der Waals surface area contributed by atoms with Crippen molar-refractivity contribution in [3.63, 3.8) is 0 Å². The van der Waals surface area contributed by atoms with E-state index < -0.39 is 0 Å². The lowest BCUT2D eigenvalue weighted by Crippen LogP contribution is -2.08. The molecule has 2 heteroatoms. The van der Waals surface area contributed by atoms with Crippen molar-refractivity contribution in [2.75, 3.05) is 6.61 Å². The predicted molar refractivity (Wildman–Crippen MR) is 75.9 cm³/mol. The van der Waals surface area contributed by atoms with Crippen LogP contribution >= 0.6 is 15.9 Å². The molecule has 0 aliphatic heterocycles. The normalized spacial score (nSPS) is 18.8. The highest BCUT2D eigenvalue weighted by molar-refractivity contribution is 9.09. The van der Waals surface area contributed by atoms with E-state index >= 15 is 0 Å². The second-order valence-corrected chi connectivity index (χ2v) is 6.06. The average Bonchev–Trinajstić information content (AvgIpc) is 3.14. The van der Waals surface area contributed by atoms with Crippen molar-refractivity contribution < 1.29 is 4.74 Å². The summed E-state index contributed by atoms with van der Waals surface area (Å²) in [6.07, 6.45) is 2.78. The molecule has 0 radical (unpaired) electrons. The van der Waals surface area contributed by atoms with Crippen LogP contribution in [0.2, 0.25) is 0 Å². The predicted octanol–water partition coefficient (Wildman–Crippen LogP) is 4.88. The summed E-state index contributed by atoms with van der Waals surface area (Å²) in [5, 5.41) is 0. The average molecular weight is 297 g/mol. The molecule has 0 amide bonds. The standard InChI is InChI=1S/C15H21BrO/c1-4-17-14-8-5-10(2)9-13(14)15(16)11(3)12-6-7-12/h5,8-9,11-12,15H,4,6-7H2,1-3H3. The zero-order valence-corrected chi connectivity index (χ0v) is 12.5. The Balaban J connectivity index is 2.24. The number of halogens is 1. The molecule has 0 spiro atoms. The molecule has 0 bridgehead atoms. The van der Waals surface area contributed by atoms with Crippen LogP contribution in [0.4, 0.5) is 0 Å². The van der Waals surface area contributed by atoms with Crippen LogP contribution in [-0.4, -0.2) is 6.61 Å². The third-order valence-corrected chi connectivity index (χ3v) is 4.92. The van der Waals surface area contributed by atoms with Gasteiger partial charge in [-0.25, -0.2) is 0 Å². The Hall–Kier alpha value is -0.500. The lowest BCUT2D eigenvalue weighted by Gasteiger charge is -2.21. The summed E-state index contributed by atoms with van der Waals surface area (Å²) in [6, 6.07) is 6.47. The van der Waals surface area contributed by atoms with Crippen LogP contribution < -0.4 is 4.74 Å². The zero-order valence-electron chi connectivity index (χ0n) is 10.9. The van der Waals surface area contributed by atoms with E-state index in [2.05, 4.69) is 48.0 Å². The van der Waals surface area contributed by atoms with Gasteiger partial charge in [0.1, 0.15) is 5.75 Å². The zero-order chi connectivity index (χ0) is 12.4. The fourth-order valence-corrected chi connectivity index (χ4v) is 3.10. The van der Waals surface area contributed by atoms with Gasteiger partial charge in [0, 0.05) is 10.4 Å². The number of aryl methyl sites for hydroxylation is 1. The SMILES string of the molecule is CCOc1ccc(C)cc1C(Br)C(C)C1CC1. The lowest BCUT2D eigenvalue weighted by molar-refractivity contribution is 0.333. The van der Waals surface area contributed by atoms with Crippen LogP contribution in [0.25, 0.3) is 0 Å². The maximum absolute atomic E-state index is 5.73. The largest absolute Gasteiger partial charge is 0.494 e. The van der Waals surface area contributed by atoms with Gasteiger partial charge in [-0.1, -0.05) is 40.5 Å². The Morgan fingerprint density at radius 2 is 2.12 bits per heavy atom. The van der Waals surface area contributed by atoms with Crippen molar-refractivity contribution in [3.05, 3.63) is 29.3 Å². The molecule has 1 aliphatic rings. The van der Waals surface area contributed by atoms with Gasteiger partial charge in [-0.3, -0.25) is 0 Å². The first-order chi connectivity index (χ1) is 8.13. The van der Waals surface area contributed by atoms with E-state index in [-0.39, 0.29) is 0 Å². The summed E-state index contributed by atoms with van der Waals surface area (Å²) in [7, 11) is 0. The molecule has 0 heterocycles. The monoisotopic (exact) mass is 296 g/mol. The second kappa shape index (κ2) is 5.43. The van der Waals surface area contributed by atoms with Crippen LogP contribution in [-0.2, 0) is 0 Å². The summed E-state index contributed by atoms with van der Waals surface area (Å²) in [5.41, 5.74) is 2.61. The van der Waals surface area contributed by atoms with Gasteiger partial charge in [-0.2, -0.15) is 0 Å². The quantitative estimate of drug-likeness (QED) is 0.704. The van der Waals surface area contributed by atoms with E-state index in [1.54, 1.807) is 0 Å². The lowest BCUT2D eigenvalue weighted by atomic mass is 9.95. The van der Waals surface area contributed by atoms with E-state index in [1.807, 2.05) is 6.92 Å². The van der Waals surface area contributed by atoms with Gasteiger partial charge in [0.05, 0.1) is 6.61 Å². The van der Waals surface area contributed by atoms with Crippen molar-refractivity contribution in [1.82, 2.24) is 0 Å². The van der Waals surface area contributed by atoms with Crippen molar-refractivity contribution in [2.45, 2.75) is 38.4 Å². The van der Waals surface area contributed by atoms with E-state index in [4.69, 9.17) is 4.74 Å². The Morgan fingerprint density at radius 1 is 1.41 bits per heavy atom. The molecule has 0 N–H and O–H groups in total. The molecule has 0 aromatic heterocycles. The van der Waals surface area contributed by atoms with Crippen molar-refractivity contribution in [2.24, 2.45) is 11.8 Å². The summed E-state index contributed by atoms with van der Waals surface area (Å²) in [5.74, 6) is 2.62. The molecular formula is C15H21BrO. The Bertz CT molecular complexity index is 385. The van der Waals surface area contributed by atoms with Crippen molar-refractivity contribution in [1.29, 1.82) is 0 Å². The maximum Gasteiger partial charge on any atom is 0.123 e. The van der Waals surface area contributed by atoms with Crippen LogP contribution in [0.1, 0.15) is 42.6 Å². The highest BCUT2D eigenvalue weighted by atomic mass is 79.9. The van der Waals surface area contributed by atoms with Gasteiger partial charge in [0.2, 0.25) is 0 Å². The Kier molecular flexibility index (Phi) is 4.13. The Morgan fingerprint density at radius 3 is 2.71 bits per heavy atom. The van der Waals surface area contributed by atoms with E-state index in [0.29, 0.717) is 10.7 Å². The van der Waals surface area contributed by atoms with Crippen molar-refractivity contribution in [3.8, 4) is 5.75 Å². The third kappa shape index (κ3) is 3.04. The molecule has 1 nitrogen and oxygen atoms in total. The molecule has 1 aromatic rings. The fraction of sp³-hybridized carbons (Fsp3) is 0.600. The van der Waals surface area contributed by atoms with Gasteiger partial charge in [0.15, 0.2) is 0 Å². The first kappa shape index (κ1) is 12.9. The van der Waals surface area contributed by atoms with Crippen LogP contribution in [0.5, 0.6) is 5.75 Å². The minimum atomic E-state index is 0.413.